The number of ketones is 1. The van der Waals surface area contributed by atoms with Gasteiger partial charge in [-0.15, -0.1) is 0 Å². The summed E-state index contributed by atoms with van der Waals surface area (Å²) < 4.78 is 10.7. The summed E-state index contributed by atoms with van der Waals surface area (Å²) in [6.07, 6.45) is 0.406. The molecule has 1 fully saturated rings. The molecule has 0 atom stereocenters. The van der Waals surface area contributed by atoms with Crippen LogP contribution in [0.25, 0.3) is 0 Å². The van der Waals surface area contributed by atoms with Gasteiger partial charge in [0, 0.05) is 43.6 Å². The van der Waals surface area contributed by atoms with Crippen molar-refractivity contribution in [2.75, 3.05) is 39.5 Å². The van der Waals surface area contributed by atoms with Gasteiger partial charge in [-0.3, -0.25) is 14.5 Å². The monoisotopic (exact) mass is 362 g/mol. The molecule has 1 aromatic rings. The van der Waals surface area contributed by atoms with Crippen molar-refractivity contribution in [3.8, 4) is 5.75 Å². The molecule has 1 amide bonds. The van der Waals surface area contributed by atoms with Gasteiger partial charge in [0.1, 0.15) is 5.75 Å². The van der Waals surface area contributed by atoms with Crippen LogP contribution in [0.3, 0.4) is 0 Å². The van der Waals surface area contributed by atoms with Crippen molar-refractivity contribution >= 4 is 11.7 Å². The van der Waals surface area contributed by atoms with Crippen LogP contribution in [0.1, 0.15) is 44.0 Å². The van der Waals surface area contributed by atoms with E-state index in [1.165, 1.54) is 0 Å². The van der Waals surface area contributed by atoms with E-state index in [1.54, 1.807) is 24.3 Å². The second-order valence-corrected chi connectivity index (χ2v) is 7.07. The Hall–Kier alpha value is -1.92. The Labute approximate surface area is 155 Å². The maximum absolute atomic E-state index is 12.2. The topological polar surface area (TPSA) is 67.9 Å². The Morgan fingerprint density at radius 3 is 2.42 bits per heavy atom. The lowest BCUT2D eigenvalue weighted by atomic mass is 10.0. The third-order valence-corrected chi connectivity index (χ3v) is 4.65. The first-order chi connectivity index (χ1) is 12.4. The summed E-state index contributed by atoms with van der Waals surface area (Å²) in [6, 6.07) is 7.04. The van der Waals surface area contributed by atoms with E-state index in [1.807, 2.05) is 6.92 Å². The molecule has 1 aliphatic heterocycles. The average Bonchev–Trinajstić information content (AvgIpc) is 2.66. The molecule has 1 heterocycles. The minimum absolute atomic E-state index is 0.0318. The van der Waals surface area contributed by atoms with Crippen LogP contribution in [-0.4, -0.2) is 61.6 Å². The zero-order valence-corrected chi connectivity index (χ0v) is 16.0. The summed E-state index contributed by atoms with van der Waals surface area (Å²) in [4.78, 5) is 26.7. The highest BCUT2D eigenvalue weighted by Gasteiger charge is 2.28. The summed E-state index contributed by atoms with van der Waals surface area (Å²) in [5, 5.41) is 2.96. The van der Waals surface area contributed by atoms with Gasteiger partial charge >= 0.3 is 0 Å². The van der Waals surface area contributed by atoms with E-state index in [4.69, 9.17) is 9.47 Å². The molecule has 6 nitrogen and oxygen atoms in total. The molecule has 1 saturated heterocycles. The molecule has 0 spiro atoms. The Morgan fingerprint density at radius 1 is 1.15 bits per heavy atom. The van der Waals surface area contributed by atoms with Crippen LogP contribution in [-0.2, 0) is 9.53 Å². The predicted octanol–water partition coefficient (Wildman–Crippen LogP) is 2.28. The molecule has 144 valence electrons. The number of carbonyl (C=O) groups is 2. The molecule has 0 radical (unpaired) electrons. The third-order valence-electron chi connectivity index (χ3n) is 4.65. The van der Waals surface area contributed by atoms with Crippen LogP contribution in [0.4, 0.5) is 0 Å². The van der Waals surface area contributed by atoms with E-state index >= 15 is 0 Å². The smallest absolute Gasteiger partial charge is 0.220 e. The minimum atomic E-state index is -0.126. The molecule has 0 aromatic heterocycles. The van der Waals surface area contributed by atoms with Crippen LogP contribution in [0.2, 0.25) is 0 Å². The maximum Gasteiger partial charge on any atom is 0.220 e. The number of nitrogens with zero attached hydrogens (tertiary/aromatic N) is 1. The largest absolute Gasteiger partial charge is 0.494 e. The molecule has 0 aliphatic carbocycles. The second kappa shape index (κ2) is 9.69. The highest BCUT2D eigenvalue weighted by Crippen LogP contribution is 2.16. The number of amides is 1. The number of benzene rings is 1. The number of ether oxygens (including phenoxy) is 2. The van der Waals surface area contributed by atoms with Crippen LogP contribution in [0.5, 0.6) is 5.75 Å². The second-order valence-electron chi connectivity index (χ2n) is 7.07. The summed E-state index contributed by atoms with van der Waals surface area (Å²) in [6.45, 7) is 10.5. The molecule has 2 rings (SSSR count). The van der Waals surface area contributed by atoms with Gasteiger partial charge in [0.15, 0.2) is 5.78 Å². The zero-order valence-electron chi connectivity index (χ0n) is 16.0. The van der Waals surface area contributed by atoms with Gasteiger partial charge in [0.25, 0.3) is 0 Å². The Bertz CT molecular complexity index is 592. The summed E-state index contributed by atoms with van der Waals surface area (Å²) >= 11 is 0. The average molecular weight is 362 g/mol. The van der Waals surface area contributed by atoms with Gasteiger partial charge in [-0.2, -0.15) is 0 Å². The van der Waals surface area contributed by atoms with E-state index in [2.05, 4.69) is 24.1 Å². The Kier molecular flexibility index (Phi) is 7.60. The van der Waals surface area contributed by atoms with Gasteiger partial charge in [-0.25, -0.2) is 0 Å². The third kappa shape index (κ3) is 6.11. The van der Waals surface area contributed by atoms with Crippen molar-refractivity contribution in [2.24, 2.45) is 0 Å². The number of nitrogens with one attached hydrogen (secondary N) is 1. The first-order valence-electron chi connectivity index (χ1n) is 9.28. The minimum Gasteiger partial charge on any atom is -0.494 e. The van der Waals surface area contributed by atoms with Crippen molar-refractivity contribution < 1.29 is 19.1 Å². The number of hydrogen-bond donors (Lipinski definition) is 1. The van der Waals surface area contributed by atoms with E-state index < -0.39 is 0 Å². The molecule has 0 saturated carbocycles. The van der Waals surface area contributed by atoms with Crippen molar-refractivity contribution in [1.29, 1.82) is 0 Å². The van der Waals surface area contributed by atoms with Crippen molar-refractivity contribution in [2.45, 2.75) is 39.2 Å². The fraction of sp³-hybridized carbons (Fsp3) is 0.600. The Balaban J connectivity index is 1.74. The molecular weight excluding hydrogens is 332 g/mol. The number of rotatable bonds is 9. The number of Topliss-reactive ketones (excluding diaryl/α,β-unsaturated/α-hetero) is 1. The van der Waals surface area contributed by atoms with Crippen molar-refractivity contribution in [3.05, 3.63) is 29.8 Å². The highest BCUT2D eigenvalue weighted by atomic mass is 16.5. The SMILES string of the molecule is CCOc1ccc(C(=O)CCC(=O)NCC(C)(C)N2CCOCC2)cc1. The lowest BCUT2D eigenvalue weighted by molar-refractivity contribution is -0.121. The number of morpholine rings is 1. The molecule has 0 bridgehead atoms. The highest BCUT2D eigenvalue weighted by molar-refractivity contribution is 5.98. The first-order valence-corrected chi connectivity index (χ1v) is 9.28. The normalized spacial score (nSPS) is 15.5. The van der Waals surface area contributed by atoms with Gasteiger partial charge in [0.05, 0.1) is 19.8 Å². The molecule has 1 aromatic carbocycles. The summed E-state index contributed by atoms with van der Waals surface area (Å²) in [5.74, 6) is 0.619. The fourth-order valence-corrected chi connectivity index (χ4v) is 2.96. The number of carbonyl (C=O) groups excluding carboxylic acids is 2. The van der Waals surface area contributed by atoms with Gasteiger partial charge < -0.3 is 14.8 Å². The molecule has 1 N–H and O–H groups in total. The zero-order chi connectivity index (χ0) is 19.0. The van der Waals surface area contributed by atoms with Gasteiger partial charge in [-0.05, 0) is 45.0 Å². The first kappa shape index (κ1) is 20.4. The van der Waals surface area contributed by atoms with Crippen molar-refractivity contribution in [3.63, 3.8) is 0 Å². The van der Waals surface area contributed by atoms with E-state index in [0.717, 1.165) is 32.1 Å². The van der Waals surface area contributed by atoms with Crippen LogP contribution in [0.15, 0.2) is 24.3 Å². The van der Waals surface area contributed by atoms with Gasteiger partial charge in [0.2, 0.25) is 5.91 Å². The standard InChI is InChI=1S/C20H30N2O4/c1-4-26-17-7-5-16(6-8-17)18(23)9-10-19(24)21-15-20(2,3)22-11-13-25-14-12-22/h5-8H,4,9-15H2,1-3H3,(H,21,24). The lowest BCUT2D eigenvalue weighted by Gasteiger charge is -2.40. The van der Waals surface area contributed by atoms with E-state index in [-0.39, 0.29) is 30.1 Å². The summed E-state index contributed by atoms with van der Waals surface area (Å²) in [7, 11) is 0. The van der Waals surface area contributed by atoms with E-state index in [9.17, 15) is 9.59 Å². The van der Waals surface area contributed by atoms with Crippen LogP contribution < -0.4 is 10.1 Å². The molecule has 0 unspecified atom stereocenters. The predicted molar refractivity (Wildman–Crippen MR) is 101 cm³/mol. The number of hydrogen-bond acceptors (Lipinski definition) is 5. The van der Waals surface area contributed by atoms with Crippen LogP contribution >= 0.6 is 0 Å². The van der Waals surface area contributed by atoms with Gasteiger partial charge in [-0.1, -0.05) is 0 Å². The molecule has 26 heavy (non-hydrogen) atoms. The maximum atomic E-state index is 12.2. The lowest BCUT2D eigenvalue weighted by Crippen LogP contribution is -2.55. The van der Waals surface area contributed by atoms with Crippen molar-refractivity contribution in [1.82, 2.24) is 10.2 Å². The quantitative estimate of drug-likeness (QED) is 0.683. The van der Waals surface area contributed by atoms with E-state index in [0.29, 0.717) is 18.7 Å². The molecular formula is C20H30N2O4. The molecule has 6 heteroatoms. The van der Waals surface area contributed by atoms with Crippen LogP contribution in [0, 0.1) is 0 Å². The fourth-order valence-electron chi connectivity index (χ4n) is 2.96. The molecule has 1 aliphatic rings. The summed E-state index contributed by atoms with van der Waals surface area (Å²) in [5.41, 5.74) is 0.480. The Morgan fingerprint density at radius 2 is 1.81 bits per heavy atom.